The van der Waals surface area contributed by atoms with Crippen LogP contribution in [0.3, 0.4) is 0 Å². The highest BCUT2D eigenvalue weighted by atomic mass is 79.9. The van der Waals surface area contributed by atoms with Gasteiger partial charge in [-0.05, 0) is 36.4 Å². The Morgan fingerprint density at radius 3 is 2.59 bits per heavy atom. The molecule has 3 aromatic rings. The smallest absolute Gasteiger partial charge is 0.282 e. The Balaban J connectivity index is 2.20. The molecule has 3 rings (SSSR count). The Hall–Kier alpha value is -2.43. The molecule has 0 saturated heterocycles. The van der Waals surface area contributed by atoms with Gasteiger partial charge in [-0.3, -0.25) is 4.79 Å². The maximum Gasteiger partial charge on any atom is 0.282 e. The lowest BCUT2D eigenvalue weighted by Gasteiger charge is -2.21. The molecule has 148 valence electrons. The predicted octanol–water partition coefficient (Wildman–Crippen LogP) is 5.11. The predicted molar refractivity (Wildman–Crippen MR) is 124 cm³/mol. The summed E-state index contributed by atoms with van der Waals surface area (Å²) < 4.78 is 8.60. The highest BCUT2D eigenvalue weighted by Crippen LogP contribution is 2.24. The summed E-state index contributed by atoms with van der Waals surface area (Å²) in [6.45, 7) is 6.12. The number of hydrogen-bond acceptors (Lipinski definition) is 4. The second-order valence-corrected chi connectivity index (χ2v) is 9.21. The van der Waals surface area contributed by atoms with E-state index in [9.17, 15) is 4.79 Å². The molecule has 5 nitrogen and oxygen atoms in total. The van der Waals surface area contributed by atoms with E-state index in [1.165, 1.54) is 4.68 Å². The topological polar surface area (TPSA) is 56.5 Å². The first kappa shape index (κ1) is 21.3. The lowest BCUT2D eigenvalue weighted by molar-refractivity contribution is 0.370. The monoisotopic (exact) mass is 515 g/mol. The number of terminal acetylenes is 1. The fourth-order valence-corrected chi connectivity index (χ4v) is 3.47. The van der Waals surface area contributed by atoms with E-state index in [0.717, 1.165) is 8.95 Å². The standard InChI is InChI=1S/C22H19Br2N3O2/c1-5-10-29-19-9-7-15(23)11-14(19)13-25-27-20(28)17-12-16(24)6-8-18(17)26-21(27)22(2,3)4/h1,6-9,11-13H,10H2,2-4H3. The van der Waals surface area contributed by atoms with E-state index in [4.69, 9.17) is 16.1 Å². The number of hydrogen-bond donors (Lipinski definition) is 0. The molecule has 2 aromatic carbocycles. The van der Waals surface area contributed by atoms with Crippen molar-refractivity contribution in [3.8, 4) is 18.1 Å². The minimum Gasteiger partial charge on any atom is -0.480 e. The largest absolute Gasteiger partial charge is 0.480 e. The first-order chi connectivity index (χ1) is 13.7. The number of ether oxygens (including phenoxy) is 1. The molecular weight excluding hydrogens is 498 g/mol. The summed E-state index contributed by atoms with van der Waals surface area (Å²) in [7, 11) is 0. The van der Waals surface area contributed by atoms with Crippen LogP contribution < -0.4 is 10.3 Å². The summed E-state index contributed by atoms with van der Waals surface area (Å²) in [6.07, 6.45) is 6.88. The van der Waals surface area contributed by atoms with E-state index in [0.29, 0.717) is 28.0 Å². The van der Waals surface area contributed by atoms with E-state index >= 15 is 0 Å². The molecule has 0 unspecified atom stereocenters. The molecule has 1 heterocycles. The molecule has 0 aliphatic rings. The van der Waals surface area contributed by atoms with E-state index in [1.807, 2.05) is 45.0 Å². The molecule has 0 bridgehead atoms. The highest BCUT2D eigenvalue weighted by Gasteiger charge is 2.23. The third-order valence-electron chi connectivity index (χ3n) is 4.07. The SMILES string of the molecule is C#CCOc1ccc(Br)cc1C=Nn1c(C(C)(C)C)nc2ccc(Br)cc2c1=O. The molecular formula is C22H19Br2N3O2. The van der Waals surface area contributed by atoms with E-state index in [1.54, 1.807) is 18.3 Å². The van der Waals surface area contributed by atoms with Gasteiger partial charge in [0.25, 0.3) is 5.56 Å². The van der Waals surface area contributed by atoms with Crippen LogP contribution in [-0.4, -0.2) is 22.5 Å². The number of rotatable bonds is 4. The third-order valence-corrected chi connectivity index (χ3v) is 5.06. The maximum atomic E-state index is 13.2. The highest BCUT2D eigenvalue weighted by molar-refractivity contribution is 9.10. The van der Waals surface area contributed by atoms with Crippen LogP contribution in [0.4, 0.5) is 0 Å². The number of halogens is 2. The van der Waals surface area contributed by atoms with Crippen molar-refractivity contribution in [2.24, 2.45) is 5.10 Å². The van der Waals surface area contributed by atoms with Crippen LogP contribution in [-0.2, 0) is 5.41 Å². The Morgan fingerprint density at radius 1 is 1.21 bits per heavy atom. The fraction of sp³-hybridized carbons (Fsp3) is 0.227. The van der Waals surface area contributed by atoms with Crippen molar-refractivity contribution in [1.29, 1.82) is 0 Å². The number of benzene rings is 2. The first-order valence-corrected chi connectivity index (χ1v) is 10.4. The second-order valence-electron chi connectivity index (χ2n) is 7.38. The van der Waals surface area contributed by atoms with Gasteiger partial charge in [0.05, 0.1) is 17.1 Å². The van der Waals surface area contributed by atoms with Crippen molar-refractivity contribution >= 4 is 49.0 Å². The molecule has 0 atom stereocenters. The van der Waals surface area contributed by atoms with Gasteiger partial charge in [-0.2, -0.15) is 9.78 Å². The molecule has 0 aliphatic carbocycles. The zero-order valence-corrected chi connectivity index (χ0v) is 19.4. The van der Waals surface area contributed by atoms with E-state index in [2.05, 4.69) is 42.9 Å². The van der Waals surface area contributed by atoms with Crippen molar-refractivity contribution in [2.75, 3.05) is 6.61 Å². The van der Waals surface area contributed by atoms with Crippen molar-refractivity contribution in [1.82, 2.24) is 9.66 Å². The van der Waals surface area contributed by atoms with Gasteiger partial charge in [-0.1, -0.05) is 58.6 Å². The minimum absolute atomic E-state index is 0.140. The molecule has 7 heteroatoms. The first-order valence-electron chi connectivity index (χ1n) is 8.83. The lowest BCUT2D eigenvalue weighted by atomic mass is 9.95. The molecule has 0 radical (unpaired) electrons. The van der Waals surface area contributed by atoms with Crippen LogP contribution in [0.2, 0.25) is 0 Å². The summed E-state index contributed by atoms with van der Waals surface area (Å²) in [5.41, 5.74) is 0.696. The Morgan fingerprint density at radius 2 is 1.90 bits per heavy atom. The molecule has 0 saturated carbocycles. The second kappa shape index (κ2) is 8.52. The molecule has 0 amide bonds. The van der Waals surface area contributed by atoms with Crippen LogP contribution >= 0.6 is 31.9 Å². The van der Waals surface area contributed by atoms with Crippen LogP contribution in [0.5, 0.6) is 5.75 Å². The molecule has 0 aliphatic heterocycles. The van der Waals surface area contributed by atoms with Gasteiger partial charge in [0, 0.05) is 19.9 Å². The molecule has 0 fully saturated rings. The average Bonchev–Trinajstić information content (AvgIpc) is 2.66. The zero-order chi connectivity index (χ0) is 21.2. The fourth-order valence-electron chi connectivity index (χ4n) is 2.73. The van der Waals surface area contributed by atoms with Crippen LogP contribution in [0.25, 0.3) is 10.9 Å². The normalized spacial score (nSPS) is 11.7. The number of aromatic nitrogens is 2. The quantitative estimate of drug-likeness (QED) is 0.357. The molecule has 1 aromatic heterocycles. The summed E-state index contributed by atoms with van der Waals surface area (Å²) in [4.78, 5) is 17.9. The van der Waals surface area contributed by atoms with Crippen LogP contribution in [0.1, 0.15) is 32.2 Å². The number of nitrogens with zero attached hydrogens (tertiary/aromatic N) is 3. The maximum absolute atomic E-state index is 13.2. The van der Waals surface area contributed by atoms with Gasteiger partial charge in [-0.25, -0.2) is 4.98 Å². The van der Waals surface area contributed by atoms with Gasteiger partial charge in [0.2, 0.25) is 0 Å². The Kier molecular flexibility index (Phi) is 6.25. The number of fused-ring (bicyclic) bond motifs is 1. The van der Waals surface area contributed by atoms with Gasteiger partial charge in [0.15, 0.2) is 0 Å². The summed E-state index contributed by atoms with van der Waals surface area (Å²) in [5.74, 6) is 3.59. The molecule has 0 N–H and O–H groups in total. The van der Waals surface area contributed by atoms with E-state index in [-0.39, 0.29) is 12.2 Å². The van der Waals surface area contributed by atoms with E-state index < -0.39 is 5.41 Å². The zero-order valence-electron chi connectivity index (χ0n) is 16.2. The molecule has 0 spiro atoms. The summed E-state index contributed by atoms with van der Waals surface area (Å²) in [5, 5.41) is 4.97. The average molecular weight is 517 g/mol. The summed E-state index contributed by atoms with van der Waals surface area (Å²) >= 11 is 6.86. The Bertz CT molecular complexity index is 1200. The van der Waals surface area contributed by atoms with Gasteiger partial charge < -0.3 is 4.74 Å². The minimum atomic E-state index is -0.391. The van der Waals surface area contributed by atoms with Crippen LogP contribution in [0.15, 0.2) is 55.2 Å². The third kappa shape index (κ3) is 4.77. The molecule has 29 heavy (non-hydrogen) atoms. The van der Waals surface area contributed by atoms with Crippen molar-refractivity contribution in [2.45, 2.75) is 26.2 Å². The van der Waals surface area contributed by atoms with Gasteiger partial charge in [-0.15, -0.1) is 6.42 Å². The van der Waals surface area contributed by atoms with Gasteiger partial charge in [0.1, 0.15) is 18.2 Å². The van der Waals surface area contributed by atoms with Crippen LogP contribution in [0, 0.1) is 12.3 Å². The van der Waals surface area contributed by atoms with Gasteiger partial charge >= 0.3 is 0 Å². The summed E-state index contributed by atoms with van der Waals surface area (Å²) in [6, 6.07) is 10.9. The van der Waals surface area contributed by atoms with Crippen molar-refractivity contribution < 1.29 is 4.74 Å². The Labute approximate surface area is 186 Å². The van der Waals surface area contributed by atoms with Crippen molar-refractivity contribution in [3.05, 3.63) is 67.1 Å². The van der Waals surface area contributed by atoms with Crippen molar-refractivity contribution in [3.63, 3.8) is 0 Å². The lowest BCUT2D eigenvalue weighted by Crippen LogP contribution is -2.29.